The minimum Gasteiger partial charge on any atom is -0.462 e. The van der Waals surface area contributed by atoms with Crippen molar-refractivity contribution in [1.82, 2.24) is 0 Å². The maximum atomic E-state index is 13.1. The molecule has 0 fully saturated rings. The number of aliphatic hydroxyl groups excluding tert-OH is 1. The van der Waals surface area contributed by atoms with Crippen molar-refractivity contribution < 1.29 is 80.2 Å². The number of phosphoric acid groups is 2. The number of rotatable bonds is 79. The number of phosphoric ester groups is 2. The fourth-order valence-electron chi connectivity index (χ4n) is 12.5. The van der Waals surface area contributed by atoms with Crippen LogP contribution in [0.4, 0.5) is 0 Å². The van der Waals surface area contributed by atoms with Gasteiger partial charge in [-0.1, -0.05) is 370 Å². The summed E-state index contributed by atoms with van der Waals surface area (Å²) in [5, 5.41) is 10.6. The highest BCUT2D eigenvalue weighted by molar-refractivity contribution is 7.47. The SMILES string of the molecule is CCCCCCCCCCCCCCCCCCCCCCCC(=O)O[C@H](COC(=O)CCCCCCCCCCCCCCCCC(C)C)COP(=O)(O)OC[C@@H](O)COP(=O)(O)OC[C@@H](COC(=O)CCCCCCCCCC(C)C)OC(=O)CCCCCCCCCCCC(C)C. The molecular formula is C81H158O17P2. The van der Waals surface area contributed by atoms with E-state index < -0.39 is 97.5 Å². The molecule has 0 aliphatic heterocycles. The second-order valence-corrected chi connectivity index (χ2v) is 33.5. The monoisotopic (exact) mass is 1470 g/mol. The summed E-state index contributed by atoms with van der Waals surface area (Å²) in [7, 11) is -9.92. The van der Waals surface area contributed by atoms with Crippen LogP contribution in [0.3, 0.4) is 0 Å². The van der Waals surface area contributed by atoms with Crippen molar-refractivity contribution in [2.24, 2.45) is 17.8 Å². The normalized spacial score (nSPS) is 14.0. The summed E-state index contributed by atoms with van der Waals surface area (Å²) in [6.07, 6.45) is 59.9. The van der Waals surface area contributed by atoms with Gasteiger partial charge in [-0.2, -0.15) is 0 Å². The second-order valence-electron chi connectivity index (χ2n) is 30.6. The average molecular weight is 1470 g/mol. The van der Waals surface area contributed by atoms with Crippen LogP contribution in [0.15, 0.2) is 0 Å². The van der Waals surface area contributed by atoms with E-state index >= 15 is 0 Å². The maximum absolute atomic E-state index is 13.1. The van der Waals surface area contributed by atoms with Crippen molar-refractivity contribution in [2.45, 2.75) is 439 Å². The molecule has 0 aromatic carbocycles. The van der Waals surface area contributed by atoms with Gasteiger partial charge in [-0.25, -0.2) is 9.13 Å². The van der Waals surface area contributed by atoms with E-state index in [0.717, 1.165) is 108 Å². The fourth-order valence-corrected chi connectivity index (χ4v) is 14.1. The summed E-state index contributed by atoms with van der Waals surface area (Å²) in [5.74, 6) is 0.126. The van der Waals surface area contributed by atoms with Gasteiger partial charge < -0.3 is 33.8 Å². The molecule has 594 valence electrons. The van der Waals surface area contributed by atoms with Gasteiger partial charge in [0.15, 0.2) is 12.2 Å². The Kier molecular flexibility index (Phi) is 69.9. The lowest BCUT2D eigenvalue weighted by Gasteiger charge is -2.21. The third-order valence-corrected chi connectivity index (χ3v) is 20.8. The number of carbonyl (C=O) groups is 4. The van der Waals surface area contributed by atoms with Crippen LogP contribution in [0.1, 0.15) is 421 Å². The molecule has 0 amide bonds. The molecule has 0 bridgehead atoms. The van der Waals surface area contributed by atoms with Crippen LogP contribution in [-0.2, 0) is 65.4 Å². The van der Waals surface area contributed by atoms with Gasteiger partial charge in [-0.15, -0.1) is 0 Å². The molecule has 0 heterocycles. The maximum Gasteiger partial charge on any atom is 0.472 e. The Balaban J connectivity index is 5.22. The first kappa shape index (κ1) is 98.1. The smallest absolute Gasteiger partial charge is 0.462 e. The van der Waals surface area contributed by atoms with Crippen LogP contribution in [0.5, 0.6) is 0 Å². The molecule has 0 aliphatic rings. The molecule has 100 heavy (non-hydrogen) atoms. The number of ether oxygens (including phenoxy) is 4. The first-order chi connectivity index (χ1) is 48.2. The average Bonchev–Trinajstić information content (AvgIpc) is 0.929. The Hall–Kier alpha value is -1.94. The first-order valence-electron chi connectivity index (χ1n) is 41.8. The van der Waals surface area contributed by atoms with Crippen molar-refractivity contribution in [3.05, 3.63) is 0 Å². The third kappa shape index (κ3) is 74.3. The summed E-state index contributed by atoms with van der Waals surface area (Å²) in [5.41, 5.74) is 0. The molecule has 17 nitrogen and oxygen atoms in total. The summed E-state index contributed by atoms with van der Waals surface area (Å²) in [6, 6.07) is 0. The molecule has 0 saturated carbocycles. The summed E-state index contributed by atoms with van der Waals surface area (Å²) < 4.78 is 68.7. The molecule has 0 radical (unpaired) electrons. The van der Waals surface area contributed by atoms with Crippen molar-refractivity contribution in [3.63, 3.8) is 0 Å². The Morgan fingerprint density at radius 2 is 0.460 bits per heavy atom. The van der Waals surface area contributed by atoms with Crippen molar-refractivity contribution in [3.8, 4) is 0 Å². The zero-order chi connectivity index (χ0) is 73.7. The lowest BCUT2D eigenvalue weighted by atomic mass is 10.0. The Morgan fingerprint density at radius 3 is 0.680 bits per heavy atom. The van der Waals surface area contributed by atoms with E-state index in [0.29, 0.717) is 31.6 Å². The highest BCUT2D eigenvalue weighted by Gasteiger charge is 2.30. The largest absolute Gasteiger partial charge is 0.472 e. The topological polar surface area (TPSA) is 237 Å². The van der Waals surface area contributed by atoms with Gasteiger partial charge in [0.1, 0.15) is 19.3 Å². The first-order valence-corrected chi connectivity index (χ1v) is 44.8. The standard InChI is InChI=1S/C81H158O17P2/c1-8-9-10-11-12-13-14-15-16-17-18-19-20-21-22-27-30-35-42-50-57-64-80(85)97-76(68-91-78(83)62-55-48-41-34-29-26-24-23-25-28-32-38-45-52-59-72(2)3)70-95-99(87,88)93-66-75(82)67-94-100(89,90)96-71-77(69-92-79(84)63-56-49-44-37-40-47-54-61-74(6)7)98-81(86)65-58-51-43-36-31-33-39-46-53-60-73(4)5/h72-77,82H,8-71H2,1-7H3,(H,87,88)(H,89,90)/t75-,76-,77-/m1/s1. The Morgan fingerprint density at radius 1 is 0.270 bits per heavy atom. The molecule has 3 N–H and O–H groups in total. The van der Waals surface area contributed by atoms with Crippen LogP contribution in [-0.4, -0.2) is 96.7 Å². The molecule has 0 saturated heterocycles. The molecular weight excluding hydrogens is 1310 g/mol. The van der Waals surface area contributed by atoms with E-state index in [-0.39, 0.29) is 25.7 Å². The third-order valence-electron chi connectivity index (χ3n) is 18.9. The lowest BCUT2D eigenvalue weighted by Crippen LogP contribution is -2.30. The zero-order valence-electron chi connectivity index (χ0n) is 65.7. The summed E-state index contributed by atoms with van der Waals surface area (Å²) >= 11 is 0. The molecule has 5 atom stereocenters. The van der Waals surface area contributed by atoms with E-state index in [1.165, 1.54) is 225 Å². The van der Waals surface area contributed by atoms with E-state index in [9.17, 15) is 43.2 Å². The van der Waals surface area contributed by atoms with E-state index in [1.54, 1.807) is 0 Å². The number of hydrogen-bond donors (Lipinski definition) is 3. The quantitative estimate of drug-likeness (QED) is 0.0222. The van der Waals surface area contributed by atoms with Crippen molar-refractivity contribution >= 4 is 39.5 Å². The van der Waals surface area contributed by atoms with Gasteiger partial charge in [0, 0.05) is 25.7 Å². The van der Waals surface area contributed by atoms with Gasteiger partial charge in [-0.05, 0) is 43.4 Å². The van der Waals surface area contributed by atoms with Crippen LogP contribution >= 0.6 is 15.6 Å². The minimum absolute atomic E-state index is 0.105. The number of aliphatic hydroxyl groups is 1. The summed E-state index contributed by atoms with van der Waals surface area (Å²) in [6.45, 7) is 11.9. The van der Waals surface area contributed by atoms with E-state index in [2.05, 4.69) is 48.5 Å². The predicted octanol–water partition coefficient (Wildman–Crippen LogP) is 24.1. The van der Waals surface area contributed by atoms with Crippen LogP contribution in [0.25, 0.3) is 0 Å². The molecule has 0 rings (SSSR count). The summed E-state index contributed by atoms with van der Waals surface area (Å²) in [4.78, 5) is 73.0. The highest BCUT2D eigenvalue weighted by Crippen LogP contribution is 2.45. The van der Waals surface area contributed by atoms with Gasteiger partial charge in [0.05, 0.1) is 26.4 Å². The number of unbranched alkanes of at least 4 members (excludes halogenated alkanes) is 47. The van der Waals surface area contributed by atoms with Gasteiger partial charge >= 0.3 is 39.5 Å². The highest BCUT2D eigenvalue weighted by atomic mass is 31.2. The molecule has 0 aromatic heterocycles. The number of esters is 4. The number of carbonyl (C=O) groups excluding carboxylic acids is 4. The van der Waals surface area contributed by atoms with Crippen LogP contribution in [0, 0.1) is 17.8 Å². The molecule has 2 unspecified atom stereocenters. The van der Waals surface area contributed by atoms with Crippen LogP contribution < -0.4 is 0 Å². The molecule has 0 spiro atoms. The van der Waals surface area contributed by atoms with E-state index in [4.69, 9.17) is 37.0 Å². The van der Waals surface area contributed by atoms with Crippen molar-refractivity contribution in [1.29, 1.82) is 0 Å². The molecule has 0 aromatic rings. The minimum atomic E-state index is -4.96. The Bertz CT molecular complexity index is 1940. The van der Waals surface area contributed by atoms with Crippen molar-refractivity contribution in [2.75, 3.05) is 39.6 Å². The van der Waals surface area contributed by atoms with Gasteiger partial charge in [0.2, 0.25) is 0 Å². The molecule has 0 aliphatic carbocycles. The lowest BCUT2D eigenvalue weighted by molar-refractivity contribution is -0.161. The predicted molar refractivity (Wildman–Crippen MR) is 409 cm³/mol. The van der Waals surface area contributed by atoms with Gasteiger partial charge in [-0.3, -0.25) is 37.3 Å². The van der Waals surface area contributed by atoms with E-state index in [1.807, 2.05) is 0 Å². The zero-order valence-corrected chi connectivity index (χ0v) is 67.5. The van der Waals surface area contributed by atoms with Crippen LogP contribution in [0.2, 0.25) is 0 Å². The second kappa shape index (κ2) is 71.3. The van der Waals surface area contributed by atoms with Gasteiger partial charge in [0.25, 0.3) is 0 Å². The molecule has 19 heteroatoms. The fraction of sp³-hybridized carbons (Fsp3) is 0.951. The Labute approximate surface area is 613 Å². The number of hydrogen-bond acceptors (Lipinski definition) is 15.